The van der Waals surface area contributed by atoms with Crippen LogP contribution in [0.4, 0.5) is 5.82 Å². The molecular weight excluding hydrogens is 238 g/mol. The van der Waals surface area contributed by atoms with Gasteiger partial charge in [-0.25, -0.2) is 4.68 Å². The molecule has 1 amide bonds. The maximum Gasteiger partial charge on any atom is 0.226 e. The summed E-state index contributed by atoms with van der Waals surface area (Å²) in [7, 11) is 0. The number of hydrogen-bond acceptors (Lipinski definition) is 2. The average molecular weight is 255 g/mol. The van der Waals surface area contributed by atoms with Crippen molar-refractivity contribution in [1.82, 2.24) is 9.78 Å². The number of benzene rings is 1. The number of rotatable bonds is 2. The number of nitrogens with one attached hydrogen (secondary N) is 1. The molecule has 0 bridgehead atoms. The number of anilines is 1. The summed E-state index contributed by atoms with van der Waals surface area (Å²) in [6.07, 6.45) is 2.37. The Morgan fingerprint density at radius 1 is 1.32 bits per heavy atom. The first-order valence-corrected chi connectivity index (χ1v) is 6.59. The van der Waals surface area contributed by atoms with Crippen molar-refractivity contribution >= 4 is 11.7 Å². The molecule has 19 heavy (non-hydrogen) atoms. The monoisotopic (exact) mass is 255 g/mol. The fourth-order valence-electron chi connectivity index (χ4n) is 2.61. The second kappa shape index (κ2) is 4.53. The van der Waals surface area contributed by atoms with Crippen LogP contribution in [0.25, 0.3) is 0 Å². The number of amides is 1. The van der Waals surface area contributed by atoms with Crippen LogP contribution in [0.3, 0.4) is 0 Å². The van der Waals surface area contributed by atoms with E-state index in [1.165, 1.54) is 5.56 Å². The van der Waals surface area contributed by atoms with Gasteiger partial charge >= 0.3 is 0 Å². The van der Waals surface area contributed by atoms with Crippen LogP contribution in [-0.4, -0.2) is 15.7 Å². The zero-order chi connectivity index (χ0) is 13.4. The molecule has 2 aromatic rings. The Bertz CT molecular complexity index is 601. The smallest absolute Gasteiger partial charge is 0.226 e. The van der Waals surface area contributed by atoms with Gasteiger partial charge in [0, 0.05) is 23.9 Å². The first kappa shape index (κ1) is 12.0. The molecule has 0 saturated carbocycles. The van der Waals surface area contributed by atoms with Gasteiger partial charge in [-0.2, -0.15) is 5.10 Å². The summed E-state index contributed by atoms with van der Waals surface area (Å²) in [5, 5.41) is 7.36. The summed E-state index contributed by atoms with van der Waals surface area (Å²) in [6.45, 7) is 4.12. The van der Waals surface area contributed by atoms with Gasteiger partial charge in [0.25, 0.3) is 0 Å². The van der Waals surface area contributed by atoms with Crippen LogP contribution < -0.4 is 5.32 Å². The van der Waals surface area contributed by atoms with Crippen molar-refractivity contribution in [2.24, 2.45) is 0 Å². The molecule has 98 valence electrons. The van der Waals surface area contributed by atoms with Crippen LogP contribution in [0.2, 0.25) is 0 Å². The predicted molar refractivity (Wildman–Crippen MR) is 74.1 cm³/mol. The number of nitrogens with zero attached hydrogens (tertiary/aromatic N) is 2. The van der Waals surface area contributed by atoms with Gasteiger partial charge in [-0.05, 0) is 19.4 Å². The molecule has 2 heterocycles. The normalized spacial score (nSPS) is 18.3. The lowest BCUT2D eigenvalue weighted by Gasteiger charge is -2.24. The molecule has 0 saturated heterocycles. The summed E-state index contributed by atoms with van der Waals surface area (Å²) < 4.78 is 1.88. The van der Waals surface area contributed by atoms with Gasteiger partial charge in [0.1, 0.15) is 5.82 Å². The van der Waals surface area contributed by atoms with Crippen molar-refractivity contribution in [2.45, 2.75) is 32.2 Å². The third kappa shape index (κ3) is 2.03. The second-order valence-corrected chi connectivity index (χ2v) is 5.20. The van der Waals surface area contributed by atoms with Crippen LogP contribution in [0.5, 0.6) is 0 Å². The number of carbonyl (C=O) groups excluding carboxylic acids is 1. The quantitative estimate of drug-likeness (QED) is 0.896. The third-order valence-electron chi connectivity index (χ3n) is 3.54. The summed E-state index contributed by atoms with van der Waals surface area (Å²) in [4.78, 5) is 11.9. The molecule has 4 nitrogen and oxygen atoms in total. The van der Waals surface area contributed by atoms with Crippen LogP contribution in [-0.2, 0) is 4.79 Å². The van der Waals surface area contributed by atoms with E-state index in [0.29, 0.717) is 6.42 Å². The van der Waals surface area contributed by atoms with E-state index in [4.69, 9.17) is 0 Å². The van der Waals surface area contributed by atoms with E-state index in [9.17, 15) is 4.79 Å². The molecule has 1 atom stereocenters. The zero-order valence-corrected chi connectivity index (χ0v) is 11.1. The summed E-state index contributed by atoms with van der Waals surface area (Å²) >= 11 is 0. The molecule has 1 N–H and O–H groups in total. The van der Waals surface area contributed by atoms with Crippen molar-refractivity contribution in [3.05, 3.63) is 47.7 Å². The molecule has 3 rings (SSSR count). The number of fused-ring (bicyclic) bond motifs is 1. The molecule has 1 aliphatic heterocycles. The molecule has 1 aromatic carbocycles. The molecular formula is C15H17N3O. The van der Waals surface area contributed by atoms with Crippen LogP contribution in [0.1, 0.15) is 43.4 Å². The van der Waals surface area contributed by atoms with E-state index in [-0.39, 0.29) is 17.9 Å². The van der Waals surface area contributed by atoms with E-state index in [1.807, 2.05) is 29.1 Å². The van der Waals surface area contributed by atoms with Crippen LogP contribution in [0, 0.1) is 0 Å². The highest BCUT2D eigenvalue weighted by Gasteiger charge is 2.30. The summed E-state index contributed by atoms with van der Waals surface area (Å²) in [5.74, 6) is 1.02. The minimum atomic E-state index is 0.0590. The Labute approximate surface area is 112 Å². The minimum absolute atomic E-state index is 0.0590. The maximum atomic E-state index is 11.9. The maximum absolute atomic E-state index is 11.9. The van der Waals surface area contributed by atoms with Gasteiger partial charge in [0.15, 0.2) is 0 Å². The van der Waals surface area contributed by atoms with Crippen molar-refractivity contribution in [3.63, 3.8) is 0 Å². The van der Waals surface area contributed by atoms with Crippen molar-refractivity contribution in [1.29, 1.82) is 0 Å². The largest absolute Gasteiger partial charge is 0.311 e. The highest BCUT2D eigenvalue weighted by molar-refractivity contribution is 5.94. The Kier molecular flexibility index (Phi) is 2.85. The third-order valence-corrected chi connectivity index (χ3v) is 3.54. The van der Waals surface area contributed by atoms with E-state index in [2.05, 4.69) is 36.4 Å². The highest BCUT2D eigenvalue weighted by atomic mass is 16.1. The van der Waals surface area contributed by atoms with Crippen molar-refractivity contribution < 1.29 is 4.79 Å². The Hall–Kier alpha value is -2.10. The minimum Gasteiger partial charge on any atom is -0.311 e. The van der Waals surface area contributed by atoms with Gasteiger partial charge in [-0.1, -0.05) is 30.3 Å². The Balaban J connectivity index is 2.09. The predicted octanol–water partition coefficient (Wildman–Crippen LogP) is 2.94. The molecule has 1 aliphatic rings. The molecule has 0 spiro atoms. The average Bonchev–Trinajstić information content (AvgIpc) is 2.82. The summed E-state index contributed by atoms with van der Waals surface area (Å²) in [6, 6.07) is 10.4. The number of aromatic nitrogens is 2. The standard InChI is InChI=1S/C15H17N3O/c1-10(2)18-15-13(9-16-18)12(8-14(19)17-15)11-6-4-3-5-7-11/h3-7,9-10,12H,8H2,1-2H3,(H,17,19)/t12-/m1/s1. The van der Waals surface area contributed by atoms with E-state index in [0.717, 1.165) is 11.4 Å². The zero-order valence-electron chi connectivity index (χ0n) is 11.1. The molecule has 0 radical (unpaired) electrons. The Morgan fingerprint density at radius 2 is 2.05 bits per heavy atom. The fraction of sp³-hybridized carbons (Fsp3) is 0.333. The number of hydrogen-bond donors (Lipinski definition) is 1. The number of carbonyl (C=O) groups is 1. The lowest BCUT2D eigenvalue weighted by molar-refractivity contribution is -0.116. The molecule has 4 heteroatoms. The molecule has 1 aromatic heterocycles. The topological polar surface area (TPSA) is 46.9 Å². The van der Waals surface area contributed by atoms with Crippen LogP contribution in [0.15, 0.2) is 36.5 Å². The molecule has 0 unspecified atom stereocenters. The highest BCUT2D eigenvalue weighted by Crippen LogP contribution is 2.37. The van der Waals surface area contributed by atoms with Crippen molar-refractivity contribution in [3.8, 4) is 0 Å². The van der Waals surface area contributed by atoms with E-state index in [1.54, 1.807) is 0 Å². The summed E-state index contributed by atoms with van der Waals surface area (Å²) in [5.41, 5.74) is 2.28. The second-order valence-electron chi connectivity index (χ2n) is 5.20. The van der Waals surface area contributed by atoms with Gasteiger partial charge in [-0.15, -0.1) is 0 Å². The van der Waals surface area contributed by atoms with Crippen molar-refractivity contribution in [2.75, 3.05) is 5.32 Å². The van der Waals surface area contributed by atoms with E-state index >= 15 is 0 Å². The van der Waals surface area contributed by atoms with E-state index < -0.39 is 0 Å². The first-order valence-electron chi connectivity index (χ1n) is 6.59. The van der Waals surface area contributed by atoms with Gasteiger partial charge < -0.3 is 5.32 Å². The fourth-order valence-corrected chi connectivity index (χ4v) is 2.61. The van der Waals surface area contributed by atoms with Gasteiger partial charge in [0.2, 0.25) is 5.91 Å². The van der Waals surface area contributed by atoms with Gasteiger partial charge in [-0.3, -0.25) is 4.79 Å². The lowest BCUT2D eigenvalue weighted by atomic mass is 9.87. The first-order chi connectivity index (χ1) is 9.16. The molecule has 0 fully saturated rings. The Morgan fingerprint density at radius 3 is 2.74 bits per heavy atom. The lowest BCUT2D eigenvalue weighted by Crippen LogP contribution is -2.25. The van der Waals surface area contributed by atoms with Gasteiger partial charge in [0.05, 0.1) is 6.20 Å². The SMILES string of the molecule is CC(C)n1ncc2c1NC(=O)C[C@@H]2c1ccccc1. The van der Waals surface area contributed by atoms with Crippen LogP contribution >= 0.6 is 0 Å². The molecule has 0 aliphatic carbocycles.